The van der Waals surface area contributed by atoms with Crippen molar-refractivity contribution in [3.05, 3.63) is 51.9 Å². The molecule has 7 heteroatoms. The number of fused-ring (bicyclic) bond motifs is 1. The lowest BCUT2D eigenvalue weighted by Gasteiger charge is -2.07. The van der Waals surface area contributed by atoms with E-state index in [1.54, 1.807) is 24.3 Å². The number of ether oxygens (including phenoxy) is 1. The third kappa shape index (κ3) is 3.32. The Bertz CT molecular complexity index is 953. The largest absolute Gasteiger partial charge is 0.507 e. The van der Waals surface area contributed by atoms with Gasteiger partial charge in [-0.1, -0.05) is 12.1 Å². The van der Waals surface area contributed by atoms with Gasteiger partial charge in [-0.3, -0.25) is 9.59 Å². The molecule has 2 aromatic rings. The van der Waals surface area contributed by atoms with Crippen LogP contribution in [0.1, 0.15) is 28.0 Å². The van der Waals surface area contributed by atoms with Gasteiger partial charge in [-0.05, 0) is 37.0 Å². The highest BCUT2D eigenvalue weighted by Crippen LogP contribution is 2.38. The number of aliphatic hydroxyl groups is 1. The maximum Gasteiger partial charge on any atom is 0.296 e. The van der Waals surface area contributed by atoms with Gasteiger partial charge in [-0.15, -0.1) is 11.3 Å². The van der Waals surface area contributed by atoms with E-state index in [0.29, 0.717) is 21.9 Å². The molecule has 0 radical (unpaired) electrons. The van der Waals surface area contributed by atoms with Crippen molar-refractivity contribution in [2.45, 2.75) is 19.3 Å². The summed E-state index contributed by atoms with van der Waals surface area (Å²) in [5.41, 5.74) is 1.71. The fourth-order valence-corrected chi connectivity index (χ4v) is 4.13. The number of benzene rings is 1. The molecule has 0 bridgehead atoms. The zero-order valence-electron chi connectivity index (χ0n) is 14.0. The first-order chi connectivity index (χ1) is 12.5. The van der Waals surface area contributed by atoms with E-state index >= 15 is 0 Å². The number of para-hydroxylation sites is 1. The van der Waals surface area contributed by atoms with Crippen LogP contribution in [-0.4, -0.2) is 23.9 Å². The molecule has 0 saturated heterocycles. The van der Waals surface area contributed by atoms with Crippen molar-refractivity contribution in [1.29, 1.82) is 5.26 Å². The molecule has 26 heavy (non-hydrogen) atoms. The van der Waals surface area contributed by atoms with Crippen LogP contribution in [0.4, 0.5) is 5.00 Å². The van der Waals surface area contributed by atoms with Crippen LogP contribution in [-0.2, 0) is 22.4 Å². The number of carbonyl (C=O) groups is 2. The summed E-state index contributed by atoms with van der Waals surface area (Å²) in [6, 6.07) is 8.72. The van der Waals surface area contributed by atoms with E-state index in [1.807, 2.05) is 0 Å². The van der Waals surface area contributed by atoms with Crippen LogP contribution < -0.4 is 10.1 Å². The molecule has 2 N–H and O–H groups in total. The average Bonchev–Trinajstić information content (AvgIpc) is 3.21. The van der Waals surface area contributed by atoms with E-state index in [-0.39, 0.29) is 5.76 Å². The fraction of sp³-hybridized carbons (Fsp3) is 0.211. The second kappa shape index (κ2) is 7.42. The molecule has 1 aliphatic rings. The van der Waals surface area contributed by atoms with Gasteiger partial charge in [0.15, 0.2) is 0 Å². The van der Waals surface area contributed by atoms with Crippen molar-refractivity contribution in [2.24, 2.45) is 0 Å². The van der Waals surface area contributed by atoms with E-state index in [4.69, 9.17) is 4.74 Å². The van der Waals surface area contributed by atoms with Crippen molar-refractivity contribution < 1.29 is 19.4 Å². The molecule has 0 atom stereocenters. The Labute approximate surface area is 154 Å². The molecule has 0 unspecified atom stereocenters. The van der Waals surface area contributed by atoms with E-state index in [1.165, 1.54) is 18.4 Å². The number of hydrogen-bond donors (Lipinski definition) is 2. The molecule has 1 aromatic heterocycles. The van der Waals surface area contributed by atoms with Crippen LogP contribution in [0.2, 0.25) is 0 Å². The number of hydrogen-bond acceptors (Lipinski definition) is 6. The Hall–Kier alpha value is -3.11. The predicted octanol–water partition coefficient (Wildman–Crippen LogP) is 3.22. The van der Waals surface area contributed by atoms with Gasteiger partial charge in [-0.2, -0.15) is 5.26 Å². The summed E-state index contributed by atoms with van der Waals surface area (Å²) in [5.74, 6) is -1.79. The third-order valence-electron chi connectivity index (χ3n) is 4.13. The molecule has 1 aliphatic carbocycles. The number of ketones is 1. The van der Waals surface area contributed by atoms with Crippen LogP contribution in [0.15, 0.2) is 30.3 Å². The number of nitrogens with one attached hydrogen (secondary N) is 1. The maximum atomic E-state index is 12.2. The van der Waals surface area contributed by atoms with Crippen molar-refractivity contribution in [2.75, 3.05) is 12.4 Å². The maximum absolute atomic E-state index is 12.2. The number of methoxy groups -OCH3 is 1. The van der Waals surface area contributed by atoms with Crippen molar-refractivity contribution >= 4 is 33.8 Å². The summed E-state index contributed by atoms with van der Waals surface area (Å²) in [6.07, 6.45) is 3.54. The second-order valence-corrected chi connectivity index (χ2v) is 6.83. The molecule has 0 aliphatic heterocycles. The zero-order valence-corrected chi connectivity index (χ0v) is 14.9. The van der Waals surface area contributed by atoms with Crippen LogP contribution >= 0.6 is 11.3 Å². The molecule has 3 rings (SSSR count). The van der Waals surface area contributed by atoms with Gasteiger partial charge in [-0.25, -0.2) is 0 Å². The minimum atomic E-state index is -0.911. The van der Waals surface area contributed by atoms with Gasteiger partial charge in [0.05, 0.1) is 18.2 Å². The molecular formula is C19H16N2O4S. The first-order valence-electron chi connectivity index (χ1n) is 7.99. The number of rotatable bonds is 5. The first kappa shape index (κ1) is 17.7. The molecule has 132 valence electrons. The van der Waals surface area contributed by atoms with E-state index in [9.17, 15) is 20.0 Å². The van der Waals surface area contributed by atoms with Gasteiger partial charge in [0, 0.05) is 11.0 Å². The molecule has 0 saturated carbocycles. The van der Waals surface area contributed by atoms with Crippen LogP contribution in [0.5, 0.6) is 5.75 Å². The summed E-state index contributed by atoms with van der Waals surface area (Å²) < 4.78 is 5.12. The summed E-state index contributed by atoms with van der Waals surface area (Å²) in [4.78, 5) is 25.4. The lowest BCUT2D eigenvalue weighted by atomic mass is 10.1. The molecule has 1 amide bonds. The highest BCUT2D eigenvalue weighted by Gasteiger charge is 2.24. The second-order valence-electron chi connectivity index (χ2n) is 5.72. The van der Waals surface area contributed by atoms with Crippen LogP contribution in [0.25, 0.3) is 5.76 Å². The highest BCUT2D eigenvalue weighted by atomic mass is 32.1. The molecule has 1 aromatic carbocycles. The summed E-state index contributed by atoms with van der Waals surface area (Å²) in [5, 5.41) is 22.4. The number of aryl methyl sites for hydroxylation is 1. The first-order valence-corrected chi connectivity index (χ1v) is 8.80. The zero-order chi connectivity index (χ0) is 18.7. The normalized spacial score (nSPS) is 13.0. The standard InChI is InChI=1S/C19H16N2O4S/c1-25-16-7-3-2-5-12(16)14(22)9-15(23)18(24)21-19-13(10-20)11-6-4-8-17(11)26-19/h2-3,5,7,9,22H,4,6,8H2,1H3,(H,21,24)/b14-9-. The minimum Gasteiger partial charge on any atom is -0.507 e. The Morgan fingerprint density at radius 2 is 2.12 bits per heavy atom. The average molecular weight is 368 g/mol. The minimum absolute atomic E-state index is 0.309. The van der Waals surface area contributed by atoms with Gasteiger partial charge in [0.2, 0.25) is 5.78 Å². The van der Waals surface area contributed by atoms with Crippen molar-refractivity contribution in [3.63, 3.8) is 0 Å². The summed E-state index contributed by atoms with van der Waals surface area (Å²) >= 11 is 1.33. The third-order valence-corrected chi connectivity index (χ3v) is 5.34. The smallest absolute Gasteiger partial charge is 0.296 e. The Morgan fingerprint density at radius 1 is 1.35 bits per heavy atom. The lowest BCUT2D eigenvalue weighted by molar-refractivity contribution is -0.131. The monoisotopic (exact) mass is 368 g/mol. The number of thiophene rings is 1. The van der Waals surface area contributed by atoms with Gasteiger partial charge in [0.1, 0.15) is 22.6 Å². The van der Waals surface area contributed by atoms with E-state index in [0.717, 1.165) is 35.8 Å². The molecule has 0 spiro atoms. The van der Waals surface area contributed by atoms with Crippen molar-refractivity contribution in [3.8, 4) is 11.8 Å². The SMILES string of the molecule is COc1ccccc1/C(O)=C/C(=O)C(=O)Nc1sc2c(c1C#N)CCC2. The predicted molar refractivity (Wildman–Crippen MR) is 98.3 cm³/mol. The van der Waals surface area contributed by atoms with Gasteiger partial charge < -0.3 is 15.2 Å². The molecule has 6 nitrogen and oxygen atoms in total. The highest BCUT2D eigenvalue weighted by molar-refractivity contribution is 7.16. The van der Waals surface area contributed by atoms with E-state index in [2.05, 4.69) is 11.4 Å². The number of aliphatic hydroxyl groups excluding tert-OH is 1. The Morgan fingerprint density at radius 3 is 2.85 bits per heavy atom. The topological polar surface area (TPSA) is 99.4 Å². The van der Waals surface area contributed by atoms with Gasteiger partial charge in [0.25, 0.3) is 5.91 Å². The number of nitrogens with zero attached hydrogens (tertiary/aromatic N) is 1. The number of nitriles is 1. The van der Waals surface area contributed by atoms with Crippen LogP contribution in [0.3, 0.4) is 0 Å². The fourth-order valence-electron chi connectivity index (χ4n) is 2.90. The number of carbonyl (C=O) groups excluding carboxylic acids is 2. The van der Waals surface area contributed by atoms with Crippen molar-refractivity contribution in [1.82, 2.24) is 0 Å². The lowest BCUT2D eigenvalue weighted by Crippen LogP contribution is -2.21. The Kier molecular flexibility index (Phi) is 5.05. The summed E-state index contributed by atoms with van der Waals surface area (Å²) in [6.45, 7) is 0. The molecule has 0 fully saturated rings. The van der Waals surface area contributed by atoms with E-state index < -0.39 is 11.7 Å². The summed E-state index contributed by atoms with van der Waals surface area (Å²) in [7, 11) is 1.44. The number of amides is 1. The van der Waals surface area contributed by atoms with Crippen LogP contribution in [0, 0.1) is 11.3 Å². The Balaban J connectivity index is 1.79. The molecular weight excluding hydrogens is 352 g/mol. The van der Waals surface area contributed by atoms with Gasteiger partial charge >= 0.3 is 0 Å². The quantitative estimate of drug-likeness (QED) is 0.479. The molecule has 1 heterocycles. The number of anilines is 1.